The van der Waals surface area contributed by atoms with Crippen LogP contribution in [0.1, 0.15) is 10.5 Å². The molecule has 0 N–H and O–H groups in total. The van der Waals surface area contributed by atoms with Crippen LogP contribution in [0, 0.1) is 0 Å². The van der Waals surface area contributed by atoms with Gasteiger partial charge in [0.05, 0.1) is 19.0 Å². The first kappa shape index (κ1) is 12.1. The van der Waals surface area contributed by atoms with Crippen LogP contribution in [0.15, 0.2) is 28.9 Å². The Morgan fingerprint density at radius 1 is 1.53 bits per heavy atom. The molecule has 0 atom stereocenters. The average Bonchev–Trinajstić information content (AvgIpc) is 2.80. The van der Waals surface area contributed by atoms with Crippen LogP contribution in [-0.2, 0) is 4.74 Å². The number of carbonyl (C=O) groups is 1. The Bertz CT molecular complexity index is 570. The van der Waals surface area contributed by atoms with Crippen LogP contribution in [0.3, 0.4) is 0 Å². The molecule has 0 spiro atoms. The number of rotatable bonds is 2. The minimum atomic E-state index is -0.533. The first-order valence-electron chi connectivity index (χ1n) is 4.58. The van der Waals surface area contributed by atoms with Crippen molar-refractivity contribution in [2.24, 2.45) is 0 Å². The zero-order valence-corrected chi connectivity index (χ0v) is 11.1. The molecule has 0 amide bonds. The fraction of sp³-hybridized carbons (Fsp3) is 0.100. The minimum absolute atomic E-state index is 0.138. The number of halogens is 2. The summed E-state index contributed by atoms with van der Waals surface area (Å²) in [6.45, 7) is 0. The molecule has 0 fully saturated rings. The number of ether oxygens (including phenoxy) is 1. The highest BCUT2D eigenvalue weighted by Crippen LogP contribution is 2.24. The summed E-state index contributed by atoms with van der Waals surface area (Å²) in [5.41, 5.74) is 0.833. The minimum Gasteiger partial charge on any atom is -0.464 e. The van der Waals surface area contributed by atoms with Crippen molar-refractivity contribution in [2.75, 3.05) is 7.11 Å². The van der Waals surface area contributed by atoms with E-state index >= 15 is 0 Å². The summed E-state index contributed by atoms with van der Waals surface area (Å²) < 4.78 is 6.79. The zero-order valence-electron chi connectivity index (χ0n) is 8.72. The second-order valence-corrected chi connectivity index (χ2v) is 4.43. The molecule has 0 bridgehead atoms. The predicted octanol–water partition coefficient (Wildman–Crippen LogP) is 2.47. The monoisotopic (exact) mass is 315 g/mol. The van der Waals surface area contributed by atoms with E-state index in [4.69, 9.17) is 11.6 Å². The molecule has 7 heteroatoms. The van der Waals surface area contributed by atoms with Gasteiger partial charge in [0.2, 0.25) is 0 Å². The van der Waals surface area contributed by atoms with Crippen molar-refractivity contribution < 1.29 is 9.53 Å². The largest absolute Gasteiger partial charge is 0.464 e. The van der Waals surface area contributed by atoms with Gasteiger partial charge in [-0.2, -0.15) is 0 Å². The predicted molar refractivity (Wildman–Crippen MR) is 65.4 cm³/mol. The van der Waals surface area contributed by atoms with Crippen molar-refractivity contribution in [3.8, 4) is 5.69 Å². The van der Waals surface area contributed by atoms with Crippen molar-refractivity contribution in [1.29, 1.82) is 0 Å². The van der Waals surface area contributed by atoms with Gasteiger partial charge in [-0.3, -0.25) is 0 Å². The van der Waals surface area contributed by atoms with Crippen LogP contribution < -0.4 is 0 Å². The summed E-state index contributed by atoms with van der Waals surface area (Å²) in [6, 6.07) is 5.24. The molecule has 5 nitrogen and oxygen atoms in total. The average molecular weight is 317 g/mol. The van der Waals surface area contributed by atoms with Gasteiger partial charge in [0.1, 0.15) is 0 Å². The third-order valence-corrected chi connectivity index (χ3v) is 2.95. The molecule has 1 heterocycles. The van der Waals surface area contributed by atoms with Crippen LogP contribution >= 0.6 is 27.5 Å². The number of esters is 1. The van der Waals surface area contributed by atoms with Gasteiger partial charge in [0.15, 0.2) is 5.69 Å². The van der Waals surface area contributed by atoms with E-state index in [0.717, 1.165) is 4.47 Å². The zero-order chi connectivity index (χ0) is 12.4. The summed E-state index contributed by atoms with van der Waals surface area (Å²) in [6.07, 6.45) is 1.47. The summed E-state index contributed by atoms with van der Waals surface area (Å²) >= 11 is 9.26. The maximum Gasteiger partial charge on any atom is 0.360 e. The first-order valence-corrected chi connectivity index (χ1v) is 5.75. The van der Waals surface area contributed by atoms with Crippen molar-refractivity contribution in [3.05, 3.63) is 39.6 Å². The fourth-order valence-electron chi connectivity index (χ4n) is 1.24. The van der Waals surface area contributed by atoms with Crippen molar-refractivity contribution in [2.45, 2.75) is 0 Å². The SMILES string of the molecule is COC(=O)c1cn(-c2cc(Cl)ccc2Br)nn1. The van der Waals surface area contributed by atoms with Gasteiger partial charge in [0.25, 0.3) is 0 Å². The third-order valence-electron chi connectivity index (χ3n) is 2.04. The van der Waals surface area contributed by atoms with E-state index < -0.39 is 5.97 Å². The lowest BCUT2D eigenvalue weighted by molar-refractivity contribution is 0.0594. The summed E-state index contributed by atoms with van der Waals surface area (Å²) in [5.74, 6) is -0.533. The Morgan fingerprint density at radius 2 is 2.29 bits per heavy atom. The Balaban J connectivity index is 2.43. The van der Waals surface area contributed by atoms with Gasteiger partial charge >= 0.3 is 5.97 Å². The fourth-order valence-corrected chi connectivity index (χ4v) is 1.84. The van der Waals surface area contributed by atoms with Gasteiger partial charge in [-0.15, -0.1) is 5.10 Å². The molecule has 0 saturated heterocycles. The molecular formula is C10H7BrClN3O2. The van der Waals surface area contributed by atoms with Crippen molar-refractivity contribution in [1.82, 2.24) is 15.0 Å². The number of aromatic nitrogens is 3. The maximum absolute atomic E-state index is 11.2. The number of hydrogen-bond acceptors (Lipinski definition) is 4. The molecule has 2 rings (SSSR count). The highest BCUT2D eigenvalue weighted by molar-refractivity contribution is 9.10. The van der Waals surface area contributed by atoms with Crippen LogP contribution in [0.5, 0.6) is 0 Å². The van der Waals surface area contributed by atoms with Crippen LogP contribution in [0.4, 0.5) is 0 Å². The van der Waals surface area contributed by atoms with E-state index in [1.54, 1.807) is 18.2 Å². The summed E-state index contributed by atoms with van der Waals surface area (Å²) in [5, 5.41) is 8.11. The number of hydrogen-bond donors (Lipinski definition) is 0. The van der Waals surface area contributed by atoms with Crippen LogP contribution in [0.2, 0.25) is 5.02 Å². The molecule has 1 aromatic heterocycles. The van der Waals surface area contributed by atoms with Gasteiger partial charge < -0.3 is 4.74 Å². The molecule has 0 aliphatic rings. The van der Waals surface area contributed by atoms with E-state index in [1.165, 1.54) is 18.0 Å². The Labute approximate surface area is 110 Å². The molecule has 0 radical (unpaired) electrons. The highest BCUT2D eigenvalue weighted by Gasteiger charge is 2.12. The topological polar surface area (TPSA) is 57.0 Å². The van der Waals surface area contributed by atoms with Crippen LogP contribution in [0.25, 0.3) is 5.69 Å². The molecule has 2 aromatic rings. The van der Waals surface area contributed by atoms with E-state index in [-0.39, 0.29) is 5.69 Å². The maximum atomic E-state index is 11.2. The summed E-state index contributed by atoms with van der Waals surface area (Å²) in [7, 11) is 1.29. The second kappa shape index (κ2) is 4.85. The second-order valence-electron chi connectivity index (χ2n) is 3.14. The smallest absolute Gasteiger partial charge is 0.360 e. The molecule has 0 unspecified atom stereocenters. The standard InChI is InChI=1S/C10H7BrClN3O2/c1-17-10(16)8-5-15(14-13-8)9-4-6(12)2-3-7(9)11/h2-5H,1H3. The third kappa shape index (κ3) is 2.48. The number of benzene rings is 1. The molecule has 88 valence electrons. The molecule has 0 saturated carbocycles. The number of methoxy groups -OCH3 is 1. The normalized spacial score (nSPS) is 10.3. The van der Waals surface area contributed by atoms with E-state index in [2.05, 4.69) is 31.0 Å². The van der Waals surface area contributed by atoms with E-state index in [9.17, 15) is 4.79 Å². The van der Waals surface area contributed by atoms with Crippen LogP contribution in [-0.4, -0.2) is 28.1 Å². The first-order chi connectivity index (χ1) is 8.11. The Morgan fingerprint density at radius 3 is 3.00 bits per heavy atom. The summed E-state index contributed by atoms with van der Waals surface area (Å²) in [4.78, 5) is 11.2. The number of nitrogens with zero attached hydrogens (tertiary/aromatic N) is 3. The lowest BCUT2D eigenvalue weighted by atomic mass is 10.3. The lowest BCUT2D eigenvalue weighted by Crippen LogP contribution is -2.01. The van der Waals surface area contributed by atoms with Crippen molar-refractivity contribution in [3.63, 3.8) is 0 Å². The molecule has 0 aliphatic carbocycles. The highest BCUT2D eigenvalue weighted by atomic mass is 79.9. The molecule has 17 heavy (non-hydrogen) atoms. The van der Waals surface area contributed by atoms with Crippen molar-refractivity contribution >= 4 is 33.5 Å². The molecular weight excluding hydrogens is 309 g/mol. The van der Waals surface area contributed by atoms with Gasteiger partial charge in [-0.1, -0.05) is 16.8 Å². The quantitative estimate of drug-likeness (QED) is 0.799. The van der Waals surface area contributed by atoms with Gasteiger partial charge in [-0.25, -0.2) is 9.48 Å². The Hall–Kier alpha value is -1.40. The Kier molecular flexibility index (Phi) is 3.44. The molecule has 0 aliphatic heterocycles. The molecule has 1 aromatic carbocycles. The van der Waals surface area contributed by atoms with Gasteiger partial charge in [0, 0.05) is 9.50 Å². The lowest BCUT2D eigenvalue weighted by Gasteiger charge is -2.03. The van der Waals surface area contributed by atoms with Gasteiger partial charge in [-0.05, 0) is 34.1 Å². The number of carbonyl (C=O) groups excluding carboxylic acids is 1. The van der Waals surface area contributed by atoms with E-state index in [0.29, 0.717) is 10.7 Å². The van der Waals surface area contributed by atoms with E-state index in [1.807, 2.05) is 0 Å².